The van der Waals surface area contributed by atoms with Gasteiger partial charge in [-0.05, 0) is 42.0 Å². The highest BCUT2D eigenvalue weighted by molar-refractivity contribution is 7.11. The van der Waals surface area contributed by atoms with E-state index in [-0.39, 0.29) is 24.0 Å². The van der Waals surface area contributed by atoms with Crippen molar-refractivity contribution in [2.75, 3.05) is 11.4 Å². The smallest absolute Gasteiger partial charge is 0.139 e. The minimum Gasteiger partial charge on any atom is -0.510 e. The molecule has 0 spiro atoms. The standard InChI is InChI=1S/C26H20FN3O2S/c27-19-11-9-18(10-12-19)22-16-33-26(29-22)24-23(31)14-30(25(24)28)20-7-4-8-21(13-20)32-15-17-5-2-1-3-6-17/h1-13,16,28,31H,14-15H2. The van der Waals surface area contributed by atoms with Crippen LogP contribution in [0.5, 0.6) is 5.75 Å². The first-order chi connectivity index (χ1) is 16.1. The van der Waals surface area contributed by atoms with Gasteiger partial charge < -0.3 is 14.7 Å². The second-order valence-corrected chi connectivity index (χ2v) is 8.43. The highest BCUT2D eigenvalue weighted by atomic mass is 32.1. The topological polar surface area (TPSA) is 69.4 Å². The van der Waals surface area contributed by atoms with Crippen LogP contribution in [0.1, 0.15) is 10.6 Å². The molecule has 0 unspecified atom stereocenters. The molecule has 1 aliphatic heterocycles. The van der Waals surface area contributed by atoms with E-state index in [1.807, 2.05) is 60.0 Å². The summed E-state index contributed by atoms with van der Waals surface area (Å²) in [4.78, 5) is 6.31. The summed E-state index contributed by atoms with van der Waals surface area (Å²) >= 11 is 1.34. The Bertz CT molecular complexity index is 1330. The van der Waals surface area contributed by atoms with Crippen LogP contribution in [0, 0.1) is 11.2 Å². The number of hydrogen-bond acceptors (Lipinski definition) is 5. The van der Waals surface area contributed by atoms with Crippen LogP contribution in [0.4, 0.5) is 10.1 Å². The third kappa shape index (κ3) is 4.36. The van der Waals surface area contributed by atoms with E-state index in [9.17, 15) is 9.50 Å². The predicted octanol–water partition coefficient (Wildman–Crippen LogP) is 6.29. The first kappa shape index (κ1) is 20.9. The van der Waals surface area contributed by atoms with E-state index in [2.05, 4.69) is 4.98 Å². The Balaban J connectivity index is 1.34. The molecule has 4 aromatic rings. The summed E-state index contributed by atoms with van der Waals surface area (Å²) in [5.74, 6) is 0.644. The molecule has 1 aromatic heterocycles. The van der Waals surface area contributed by atoms with E-state index >= 15 is 0 Å². The fourth-order valence-electron chi connectivity index (χ4n) is 3.65. The first-order valence-corrected chi connectivity index (χ1v) is 11.2. The highest BCUT2D eigenvalue weighted by Crippen LogP contribution is 2.35. The number of aromatic nitrogens is 1. The molecule has 0 saturated carbocycles. The number of rotatable bonds is 6. The maximum atomic E-state index is 13.2. The Morgan fingerprint density at radius 2 is 1.82 bits per heavy atom. The van der Waals surface area contributed by atoms with Gasteiger partial charge in [-0.2, -0.15) is 0 Å². The van der Waals surface area contributed by atoms with E-state index in [4.69, 9.17) is 10.1 Å². The summed E-state index contributed by atoms with van der Waals surface area (Å²) in [6.07, 6.45) is 0. The van der Waals surface area contributed by atoms with Gasteiger partial charge in [0.15, 0.2) is 0 Å². The molecule has 2 heterocycles. The quantitative estimate of drug-likeness (QED) is 0.357. The van der Waals surface area contributed by atoms with E-state index in [1.54, 1.807) is 17.0 Å². The summed E-state index contributed by atoms with van der Waals surface area (Å²) in [5, 5.41) is 21.8. The van der Waals surface area contributed by atoms with Crippen molar-refractivity contribution in [2.45, 2.75) is 6.61 Å². The van der Waals surface area contributed by atoms with Gasteiger partial charge in [-0.3, -0.25) is 5.41 Å². The molecule has 0 aliphatic carbocycles. The SMILES string of the molecule is N=C1C(c2nc(-c3ccc(F)cc3)cs2)=C(O)CN1c1cccc(OCc2ccccc2)c1. The van der Waals surface area contributed by atoms with Gasteiger partial charge in [0.1, 0.15) is 34.8 Å². The van der Waals surface area contributed by atoms with Crippen LogP contribution in [0.15, 0.2) is 90.0 Å². The van der Waals surface area contributed by atoms with Gasteiger partial charge in [-0.15, -0.1) is 11.3 Å². The van der Waals surface area contributed by atoms with Crippen molar-refractivity contribution >= 4 is 28.4 Å². The van der Waals surface area contributed by atoms with Gasteiger partial charge in [0.25, 0.3) is 0 Å². The maximum absolute atomic E-state index is 13.2. The number of nitrogens with zero attached hydrogens (tertiary/aromatic N) is 2. The van der Waals surface area contributed by atoms with Gasteiger partial charge >= 0.3 is 0 Å². The summed E-state index contributed by atoms with van der Waals surface area (Å²) in [6.45, 7) is 0.629. The van der Waals surface area contributed by atoms with Crippen LogP contribution in [0.25, 0.3) is 16.8 Å². The molecule has 164 valence electrons. The van der Waals surface area contributed by atoms with E-state index in [1.165, 1.54) is 23.5 Å². The molecular formula is C26H20FN3O2S. The third-order valence-corrected chi connectivity index (χ3v) is 6.20. The molecule has 0 bridgehead atoms. The summed E-state index contributed by atoms with van der Waals surface area (Å²) in [5.41, 5.74) is 3.69. The van der Waals surface area contributed by atoms with Gasteiger partial charge in [0.05, 0.1) is 17.8 Å². The molecule has 1 aliphatic rings. The Morgan fingerprint density at radius 1 is 1.03 bits per heavy atom. The van der Waals surface area contributed by atoms with Crippen molar-refractivity contribution in [1.82, 2.24) is 4.98 Å². The lowest BCUT2D eigenvalue weighted by Crippen LogP contribution is -2.26. The van der Waals surface area contributed by atoms with E-state index in [0.717, 1.165) is 16.8 Å². The number of aliphatic hydroxyl groups is 1. The number of aliphatic hydroxyl groups excluding tert-OH is 1. The number of thiazole rings is 1. The molecule has 0 amide bonds. The molecule has 2 N–H and O–H groups in total. The average molecular weight is 458 g/mol. The molecule has 5 nitrogen and oxygen atoms in total. The van der Waals surface area contributed by atoms with Crippen LogP contribution in [-0.2, 0) is 6.61 Å². The molecule has 7 heteroatoms. The average Bonchev–Trinajstić information content (AvgIpc) is 3.43. The summed E-state index contributed by atoms with van der Waals surface area (Å²) in [6, 6.07) is 23.5. The minimum atomic E-state index is -0.308. The lowest BCUT2D eigenvalue weighted by Gasteiger charge is -2.19. The van der Waals surface area contributed by atoms with Crippen LogP contribution >= 0.6 is 11.3 Å². The zero-order valence-electron chi connectivity index (χ0n) is 17.5. The van der Waals surface area contributed by atoms with Crippen LogP contribution in [0.3, 0.4) is 0 Å². The van der Waals surface area contributed by atoms with Crippen molar-refractivity contribution in [3.63, 3.8) is 0 Å². The fraction of sp³-hybridized carbons (Fsp3) is 0.0769. The van der Waals surface area contributed by atoms with E-state index in [0.29, 0.717) is 28.6 Å². The zero-order valence-corrected chi connectivity index (χ0v) is 18.3. The normalized spacial score (nSPS) is 13.6. The van der Waals surface area contributed by atoms with Crippen LogP contribution in [-0.4, -0.2) is 22.5 Å². The number of nitrogens with one attached hydrogen (secondary N) is 1. The maximum Gasteiger partial charge on any atom is 0.139 e. The molecular weight excluding hydrogens is 437 g/mol. The largest absolute Gasteiger partial charge is 0.510 e. The molecule has 3 aromatic carbocycles. The van der Waals surface area contributed by atoms with Crippen molar-refractivity contribution < 1.29 is 14.2 Å². The number of benzene rings is 3. The Kier molecular flexibility index (Phi) is 5.62. The monoisotopic (exact) mass is 457 g/mol. The van der Waals surface area contributed by atoms with Crippen LogP contribution in [0.2, 0.25) is 0 Å². The minimum absolute atomic E-state index is 0.0932. The van der Waals surface area contributed by atoms with Gasteiger partial charge in [-0.1, -0.05) is 36.4 Å². The second-order valence-electron chi connectivity index (χ2n) is 7.57. The Hall–Kier alpha value is -3.97. The van der Waals surface area contributed by atoms with Gasteiger partial charge in [0, 0.05) is 22.7 Å². The van der Waals surface area contributed by atoms with E-state index < -0.39 is 0 Å². The number of hydrogen-bond donors (Lipinski definition) is 2. The lowest BCUT2D eigenvalue weighted by atomic mass is 10.2. The molecule has 0 atom stereocenters. The molecule has 33 heavy (non-hydrogen) atoms. The van der Waals surface area contributed by atoms with Crippen molar-refractivity contribution in [3.05, 3.63) is 106 Å². The number of amidine groups is 1. The molecule has 0 fully saturated rings. The van der Waals surface area contributed by atoms with Crippen molar-refractivity contribution in [3.8, 4) is 17.0 Å². The lowest BCUT2D eigenvalue weighted by molar-refractivity contribution is 0.306. The van der Waals surface area contributed by atoms with Gasteiger partial charge in [0.2, 0.25) is 0 Å². The summed E-state index contributed by atoms with van der Waals surface area (Å²) < 4.78 is 19.1. The molecule has 0 saturated heterocycles. The van der Waals surface area contributed by atoms with Crippen molar-refractivity contribution in [1.29, 1.82) is 5.41 Å². The van der Waals surface area contributed by atoms with Crippen LogP contribution < -0.4 is 9.64 Å². The fourth-order valence-corrected chi connectivity index (χ4v) is 4.54. The van der Waals surface area contributed by atoms with Gasteiger partial charge in [-0.25, -0.2) is 9.37 Å². The third-order valence-electron chi connectivity index (χ3n) is 5.34. The zero-order chi connectivity index (χ0) is 22.8. The Labute approximate surface area is 194 Å². The van der Waals surface area contributed by atoms with Crippen molar-refractivity contribution in [2.24, 2.45) is 0 Å². The molecule has 5 rings (SSSR count). The first-order valence-electron chi connectivity index (χ1n) is 10.4. The predicted molar refractivity (Wildman–Crippen MR) is 129 cm³/mol. The number of ether oxygens (including phenoxy) is 1. The summed E-state index contributed by atoms with van der Waals surface area (Å²) in [7, 11) is 0. The molecule has 0 radical (unpaired) electrons. The second kappa shape index (κ2) is 8.88. The number of anilines is 1. The number of halogens is 1. The highest BCUT2D eigenvalue weighted by Gasteiger charge is 2.31. The Morgan fingerprint density at radius 3 is 2.61 bits per heavy atom.